The Labute approximate surface area is 107 Å². The molecule has 7 heteroatoms. The zero-order valence-corrected chi connectivity index (χ0v) is 11.4. The van der Waals surface area contributed by atoms with Gasteiger partial charge in [0.25, 0.3) is 0 Å². The normalized spacial score (nSPS) is 13.1. The summed E-state index contributed by atoms with van der Waals surface area (Å²) in [6, 6.07) is 5.06. The summed E-state index contributed by atoms with van der Waals surface area (Å²) in [4.78, 5) is 4.07. The van der Waals surface area contributed by atoms with Crippen LogP contribution in [0.1, 0.15) is 6.92 Å². The number of rotatable bonds is 5. The topological polar surface area (TPSA) is 86.1 Å². The Bertz CT molecular complexity index is 550. The van der Waals surface area contributed by atoms with Gasteiger partial charge in [0.2, 0.25) is 10.0 Å². The van der Waals surface area contributed by atoms with E-state index in [9.17, 15) is 8.42 Å². The van der Waals surface area contributed by atoms with E-state index >= 15 is 0 Å². The van der Waals surface area contributed by atoms with Gasteiger partial charge in [-0.05, 0) is 19.1 Å². The van der Waals surface area contributed by atoms with Crippen molar-refractivity contribution in [3.63, 3.8) is 0 Å². The van der Waals surface area contributed by atoms with E-state index in [2.05, 4.69) is 10.3 Å². The van der Waals surface area contributed by atoms with Crippen LogP contribution in [0.25, 0.3) is 0 Å². The van der Waals surface area contributed by atoms with E-state index in [0.717, 1.165) is 0 Å². The predicted molar refractivity (Wildman–Crippen MR) is 68.4 cm³/mol. The smallest absolute Gasteiger partial charge is 0.246 e. The molecule has 6 nitrogen and oxygen atoms in total. The van der Waals surface area contributed by atoms with Crippen LogP contribution in [0.5, 0.6) is 0 Å². The van der Waals surface area contributed by atoms with Gasteiger partial charge in [0, 0.05) is 26.8 Å². The second-order valence-corrected chi connectivity index (χ2v) is 5.93. The van der Waals surface area contributed by atoms with Gasteiger partial charge >= 0.3 is 0 Å². The van der Waals surface area contributed by atoms with Crippen molar-refractivity contribution in [2.75, 3.05) is 26.0 Å². The molecule has 0 aromatic carbocycles. The lowest BCUT2D eigenvalue weighted by Gasteiger charge is -2.19. The molecule has 1 heterocycles. The van der Waals surface area contributed by atoms with Crippen LogP contribution in [0.15, 0.2) is 23.2 Å². The summed E-state index contributed by atoms with van der Waals surface area (Å²) < 4.78 is 25.8. The highest BCUT2D eigenvalue weighted by Gasteiger charge is 2.25. The van der Waals surface area contributed by atoms with Gasteiger partial charge in [0.05, 0.1) is 12.0 Å². The van der Waals surface area contributed by atoms with Crippen molar-refractivity contribution >= 4 is 15.8 Å². The monoisotopic (exact) mass is 268 g/mol. The number of nitrogens with one attached hydrogen (secondary N) is 1. The molecule has 1 aromatic rings. The van der Waals surface area contributed by atoms with Crippen LogP contribution in [0.4, 0.5) is 5.82 Å². The number of nitriles is 1. The maximum Gasteiger partial charge on any atom is 0.246 e. The highest BCUT2D eigenvalue weighted by atomic mass is 32.2. The minimum atomic E-state index is -3.63. The first-order chi connectivity index (χ1) is 8.43. The molecule has 1 unspecified atom stereocenters. The highest BCUT2D eigenvalue weighted by molar-refractivity contribution is 7.89. The van der Waals surface area contributed by atoms with E-state index in [0.29, 0.717) is 5.82 Å². The van der Waals surface area contributed by atoms with Crippen LogP contribution in [0, 0.1) is 17.2 Å². The Morgan fingerprint density at radius 1 is 1.61 bits per heavy atom. The summed E-state index contributed by atoms with van der Waals surface area (Å²) >= 11 is 0. The average Bonchev–Trinajstić information content (AvgIpc) is 2.38. The molecule has 0 amide bonds. The average molecular weight is 268 g/mol. The van der Waals surface area contributed by atoms with E-state index in [1.165, 1.54) is 23.6 Å². The van der Waals surface area contributed by atoms with E-state index in [1.54, 1.807) is 20.0 Å². The first-order valence-corrected chi connectivity index (χ1v) is 6.86. The molecule has 98 valence electrons. The fourth-order valence-corrected chi connectivity index (χ4v) is 2.88. The highest BCUT2D eigenvalue weighted by Crippen LogP contribution is 2.21. The van der Waals surface area contributed by atoms with Crippen LogP contribution in [-0.4, -0.2) is 38.3 Å². The van der Waals surface area contributed by atoms with Gasteiger partial charge in [-0.2, -0.15) is 9.57 Å². The minimum absolute atomic E-state index is 0.111. The molecule has 18 heavy (non-hydrogen) atoms. The van der Waals surface area contributed by atoms with E-state index in [4.69, 9.17) is 5.26 Å². The molecule has 1 N–H and O–H groups in total. The Kier molecular flexibility index (Phi) is 4.64. The first-order valence-electron chi connectivity index (χ1n) is 5.42. The summed E-state index contributed by atoms with van der Waals surface area (Å²) in [7, 11) is -0.565. The summed E-state index contributed by atoms with van der Waals surface area (Å²) in [6.45, 7) is 1.82. The number of anilines is 1. The van der Waals surface area contributed by atoms with E-state index in [1.807, 2.05) is 6.07 Å². The molecular weight excluding hydrogens is 252 g/mol. The van der Waals surface area contributed by atoms with Gasteiger partial charge in [0.15, 0.2) is 0 Å². The zero-order chi connectivity index (χ0) is 13.8. The Balaban J connectivity index is 3.10. The first kappa shape index (κ1) is 14.4. The quantitative estimate of drug-likeness (QED) is 0.857. The third-order valence-electron chi connectivity index (χ3n) is 2.45. The number of sulfonamides is 1. The fraction of sp³-hybridized carbons (Fsp3) is 0.455. The van der Waals surface area contributed by atoms with Crippen LogP contribution in [0.2, 0.25) is 0 Å². The molecule has 0 saturated carbocycles. The molecule has 0 radical (unpaired) electrons. The number of hydrogen-bond acceptors (Lipinski definition) is 5. The van der Waals surface area contributed by atoms with Crippen molar-refractivity contribution in [1.29, 1.82) is 5.26 Å². The van der Waals surface area contributed by atoms with Crippen molar-refractivity contribution in [3.05, 3.63) is 18.3 Å². The third kappa shape index (κ3) is 2.97. The van der Waals surface area contributed by atoms with Gasteiger partial charge in [-0.1, -0.05) is 0 Å². The lowest BCUT2D eigenvalue weighted by Crippen LogP contribution is -2.31. The number of hydrogen-bond donors (Lipinski definition) is 1. The van der Waals surface area contributed by atoms with Gasteiger partial charge in [0.1, 0.15) is 10.7 Å². The van der Waals surface area contributed by atoms with Crippen LogP contribution in [0.3, 0.4) is 0 Å². The van der Waals surface area contributed by atoms with E-state index < -0.39 is 10.0 Å². The van der Waals surface area contributed by atoms with Crippen LogP contribution >= 0.6 is 0 Å². The van der Waals surface area contributed by atoms with Crippen molar-refractivity contribution < 1.29 is 8.42 Å². The Hall–Kier alpha value is -1.65. The van der Waals surface area contributed by atoms with Gasteiger partial charge < -0.3 is 5.32 Å². The Morgan fingerprint density at radius 3 is 2.83 bits per heavy atom. The van der Waals surface area contributed by atoms with Crippen LogP contribution in [-0.2, 0) is 10.0 Å². The SMILES string of the molecule is CNc1ncccc1S(=O)(=O)N(C)CC(C)C#N. The predicted octanol–water partition coefficient (Wildman–Crippen LogP) is 0.903. The Morgan fingerprint density at radius 2 is 2.28 bits per heavy atom. The second-order valence-electron chi connectivity index (χ2n) is 3.92. The van der Waals surface area contributed by atoms with Crippen molar-refractivity contribution in [2.45, 2.75) is 11.8 Å². The lowest BCUT2D eigenvalue weighted by molar-refractivity contribution is 0.439. The fourth-order valence-electron chi connectivity index (χ4n) is 1.48. The number of nitrogens with zero attached hydrogens (tertiary/aromatic N) is 3. The second kappa shape index (κ2) is 5.80. The number of pyridine rings is 1. The van der Waals surface area contributed by atoms with Crippen LogP contribution < -0.4 is 5.32 Å². The van der Waals surface area contributed by atoms with Gasteiger partial charge in [-0.25, -0.2) is 13.4 Å². The largest absolute Gasteiger partial charge is 0.372 e. The number of aromatic nitrogens is 1. The molecule has 0 aliphatic heterocycles. The summed E-state index contributed by atoms with van der Waals surface area (Å²) in [5.41, 5.74) is 0. The summed E-state index contributed by atoms with van der Waals surface area (Å²) in [6.07, 6.45) is 1.52. The summed E-state index contributed by atoms with van der Waals surface area (Å²) in [5.74, 6) is -0.0616. The molecular formula is C11H16N4O2S. The summed E-state index contributed by atoms with van der Waals surface area (Å²) in [5, 5.41) is 11.5. The molecule has 0 saturated heterocycles. The molecule has 0 fully saturated rings. The molecule has 0 aliphatic rings. The zero-order valence-electron chi connectivity index (χ0n) is 10.6. The molecule has 0 spiro atoms. The van der Waals surface area contributed by atoms with Gasteiger partial charge in [-0.3, -0.25) is 0 Å². The van der Waals surface area contributed by atoms with Crippen molar-refractivity contribution in [3.8, 4) is 6.07 Å². The molecule has 1 rings (SSSR count). The lowest BCUT2D eigenvalue weighted by atomic mass is 10.2. The standard InChI is InChI=1S/C11H16N4O2S/c1-9(7-12)8-15(3)18(16,17)10-5-4-6-14-11(10)13-2/h4-6,9H,8H2,1-3H3,(H,13,14). The van der Waals surface area contributed by atoms with Crippen molar-refractivity contribution in [2.24, 2.45) is 5.92 Å². The molecule has 0 bridgehead atoms. The van der Waals surface area contributed by atoms with E-state index in [-0.39, 0.29) is 17.4 Å². The minimum Gasteiger partial charge on any atom is -0.372 e. The maximum atomic E-state index is 12.3. The molecule has 0 aliphatic carbocycles. The molecule has 1 atom stereocenters. The van der Waals surface area contributed by atoms with Crippen molar-refractivity contribution in [1.82, 2.24) is 9.29 Å². The third-order valence-corrected chi connectivity index (χ3v) is 4.30. The van der Waals surface area contributed by atoms with Gasteiger partial charge in [-0.15, -0.1) is 0 Å². The maximum absolute atomic E-state index is 12.3. The molecule has 1 aromatic heterocycles.